The fraction of sp³-hybridized carbons (Fsp3) is 0.364. The van der Waals surface area contributed by atoms with Crippen LogP contribution < -0.4 is 16.0 Å². The summed E-state index contributed by atoms with van der Waals surface area (Å²) in [5.74, 6) is -0.222. The van der Waals surface area contributed by atoms with Crippen molar-refractivity contribution < 1.29 is 9.59 Å². The molecule has 1 fully saturated rings. The lowest BCUT2D eigenvalue weighted by Crippen LogP contribution is -2.38. The minimum Gasteiger partial charge on any atom is -0.371 e. The summed E-state index contributed by atoms with van der Waals surface area (Å²) in [5, 5.41) is 2.97. The average molecular weight is 365 g/mol. The number of benzene rings is 2. The topological polar surface area (TPSA) is 75.4 Å². The van der Waals surface area contributed by atoms with Crippen LogP contribution in [0.25, 0.3) is 0 Å². The Morgan fingerprint density at radius 2 is 1.74 bits per heavy atom. The van der Waals surface area contributed by atoms with Gasteiger partial charge in [0.05, 0.1) is 6.42 Å². The lowest BCUT2D eigenvalue weighted by Gasteiger charge is -2.32. The van der Waals surface area contributed by atoms with E-state index in [0.717, 1.165) is 54.0 Å². The Kier molecular flexibility index (Phi) is 5.79. The first kappa shape index (κ1) is 19.0. The molecule has 142 valence electrons. The van der Waals surface area contributed by atoms with E-state index < -0.39 is 0 Å². The second kappa shape index (κ2) is 8.25. The predicted molar refractivity (Wildman–Crippen MR) is 109 cm³/mol. The van der Waals surface area contributed by atoms with Crippen LogP contribution in [0, 0.1) is 19.8 Å². The molecule has 0 radical (unpaired) electrons. The van der Waals surface area contributed by atoms with Gasteiger partial charge in [0.25, 0.3) is 0 Å². The largest absolute Gasteiger partial charge is 0.371 e. The Balaban J connectivity index is 1.57. The fourth-order valence-electron chi connectivity index (χ4n) is 3.55. The average Bonchev–Trinajstić information content (AvgIpc) is 2.65. The molecule has 1 aliphatic rings. The highest BCUT2D eigenvalue weighted by molar-refractivity contribution is 5.92. The van der Waals surface area contributed by atoms with Gasteiger partial charge in [0.1, 0.15) is 0 Å². The van der Waals surface area contributed by atoms with Crippen molar-refractivity contribution in [2.24, 2.45) is 11.7 Å². The van der Waals surface area contributed by atoms with Gasteiger partial charge in [-0.15, -0.1) is 0 Å². The van der Waals surface area contributed by atoms with Crippen molar-refractivity contribution in [3.05, 3.63) is 59.2 Å². The molecule has 1 heterocycles. The highest BCUT2D eigenvalue weighted by atomic mass is 16.2. The van der Waals surface area contributed by atoms with E-state index >= 15 is 0 Å². The molecular weight excluding hydrogens is 338 g/mol. The minimum atomic E-state index is -0.198. The molecule has 2 amide bonds. The number of piperidine rings is 1. The molecule has 3 N–H and O–H groups in total. The van der Waals surface area contributed by atoms with Gasteiger partial charge >= 0.3 is 0 Å². The van der Waals surface area contributed by atoms with E-state index in [9.17, 15) is 9.59 Å². The van der Waals surface area contributed by atoms with Gasteiger partial charge in [-0.1, -0.05) is 23.8 Å². The molecule has 0 atom stereocenters. The number of nitrogens with zero attached hydrogens (tertiary/aromatic N) is 1. The molecule has 27 heavy (non-hydrogen) atoms. The van der Waals surface area contributed by atoms with Crippen molar-refractivity contribution in [3.8, 4) is 0 Å². The van der Waals surface area contributed by atoms with Crippen LogP contribution in [0.15, 0.2) is 42.5 Å². The molecule has 1 aliphatic heterocycles. The number of carbonyl (C=O) groups is 2. The third kappa shape index (κ3) is 4.88. The highest BCUT2D eigenvalue weighted by Crippen LogP contribution is 2.24. The maximum atomic E-state index is 12.4. The summed E-state index contributed by atoms with van der Waals surface area (Å²) in [6, 6.07) is 14.0. The zero-order chi connectivity index (χ0) is 19.4. The number of hydrogen-bond donors (Lipinski definition) is 2. The standard InChI is InChI=1S/C22H27N3O2/c1-15-3-4-16(2)18(13-15)14-21(26)24-19-5-7-20(8-6-19)25-11-9-17(10-12-25)22(23)27/h3-8,13,17H,9-12,14H2,1-2H3,(H2,23,27)(H,24,26). The Morgan fingerprint density at radius 3 is 2.37 bits per heavy atom. The number of aryl methyl sites for hydroxylation is 2. The van der Waals surface area contributed by atoms with Gasteiger partial charge < -0.3 is 16.0 Å². The third-order valence-corrected chi connectivity index (χ3v) is 5.27. The number of carbonyl (C=O) groups excluding carboxylic acids is 2. The molecule has 0 saturated carbocycles. The maximum absolute atomic E-state index is 12.4. The van der Waals surface area contributed by atoms with Crippen molar-refractivity contribution in [3.63, 3.8) is 0 Å². The molecular formula is C22H27N3O2. The monoisotopic (exact) mass is 365 g/mol. The summed E-state index contributed by atoms with van der Waals surface area (Å²) in [6.45, 7) is 5.71. The summed E-state index contributed by atoms with van der Waals surface area (Å²) in [7, 11) is 0. The van der Waals surface area contributed by atoms with E-state index in [1.807, 2.05) is 44.2 Å². The van der Waals surface area contributed by atoms with Crippen LogP contribution >= 0.6 is 0 Å². The molecule has 2 aromatic carbocycles. The first-order valence-corrected chi connectivity index (χ1v) is 9.42. The van der Waals surface area contributed by atoms with Crippen LogP contribution in [-0.4, -0.2) is 24.9 Å². The number of anilines is 2. The molecule has 1 saturated heterocycles. The van der Waals surface area contributed by atoms with E-state index in [0.29, 0.717) is 6.42 Å². The van der Waals surface area contributed by atoms with Crippen molar-refractivity contribution in [1.29, 1.82) is 0 Å². The summed E-state index contributed by atoms with van der Waals surface area (Å²) >= 11 is 0. The maximum Gasteiger partial charge on any atom is 0.228 e. The molecule has 0 aromatic heterocycles. The van der Waals surface area contributed by atoms with Gasteiger partial charge in [-0.05, 0) is 62.1 Å². The minimum absolute atomic E-state index is 0.00936. The number of primary amides is 1. The molecule has 5 nitrogen and oxygen atoms in total. The number of rotatable bonds is 5. The van der Waals surface area contributed by atoms with E-state index in [-0.39, 0.29) is 17.7 Å². The van der Waals surface area contributed by atoms with Gasteiger partial charge in [0, 0.05) is 30.4 Å². The van der Waals surface area contributed by atoms with E-state index in [1.165, 1.54) is 0 Å². The summed E-state index contributed by atoms with van der Waals surface area (Å²) in [6.07, 6.45) is 1.96. The van der Waals surface area contributed by atoms with Crippen LogP contribution in [0.5, 0.6) is 0 Å². The van der Waals surface area contributed by atoms with E-state index in [2.05, 4.69) is 22.3 Å². The molecule has 2 aromatic rings. The Hall–Kier alpha value is -2.82. The first-order valence-electron chi connectivity index (χ1n) is 9.42. The normalized spacial score (nSPS) is 14.8. The second-order valence-electron chi connectivity index (χ2n) is 7.37. The van der Waals surface area contributed by atoms with E-state index in [4.69, 9.17) is 5.73 Å². The lowest BCUT2D eigenvalue weighted by molar-refractivity contribution is -0.122. The van der Waals surface area contributed by atoms with Gasteiger partial charge in [-0.2, -0.15) is 0 Å². The van der Waals surface area contributed by atoms with Crippen molar-refractivity contribution in [2.45, 2.75) is 33.1 Å². The second-order valence-corrected chi connectivity index (χ2v) is 7.37. The molecule has 5 heteroatoms. The summed E-state index contributed by atoms with van der Waals surface area (Å²) in [4.78, 5) is 25.9. The number of nitrogens with two attached hydrogens (primary N) is 1. The van der Waals surface area contributed by atoms with Crippen molar-refractivity contribution >= 4 is 23.2 Å². The van der Waals surface area contributed by atoms with Crippen molar-refractivity contribution in [2.75, 3.05) is 23.3 Å². The predicted octanol–water partition coefficient (Wildman–Crippen LogP) is 3.19. The molecule has 0 unspecified atom stereocenters. The van der Waals surface area contributed by atoms with Gasteiger partial charge in [-0.3, -0.25) is 9.59 Å². The SMILES string of the molecule is Cc1ccc(C)c(CC(=O)Nc2ccc(N3CCC(C(N)=O)CC3)cc2)c1. The van der Waals surface area contributed by atoms with Crippen LogP contribution in [0.1, 0.15) is 29.5 Å². The Morgan fingerprint density at radius 1 is 1.07 bits per heavy atom. The molecule has 0 spiro atoms. The highest BCUT2D eigenvalue weighted by Gasteiger charge is 2.23. The number of hydrogen-bond acceptors (Lipinski definition) is 3. The zero-order valence-electron chi connectivity index (χ0n) is 16.0. The van der Waals surface area contributed by atoms with E-state index in [1.54, 1.807) is 0 Å². The zero-order valence-corrected chi connectivity index (χ0v) is 16.0. The molecule has 0 bridgehead atoms. The lowest BCUT2D eigenvalue weighted by atomic mass is 9.96. The van der Waals surface area contributed by atoms with Gasteiger partial charge in [-0.25, -0.2) is 0 Å². The first-order chi connectivity index (χ1) is 12.9. The summed E-state index contributed by atoms with van der Waals surface area (Å²) < 4.78 is 0. The van der Waals surface area contributed by atoms with Crippen molar-refractivity contribution in [1.82, 2.24) is 0 Å². The Bertz CT molecular complexity index is 822. The quantitative estimate of drug-likeness (QED) is 0.854. The Labute approximate surface area is 160 Å². The van der Waals surface area contributed by atoms with Gasteiger partial charge in [0.15, 0.2) is 0 Å². The number of amides is 2. The number of nitrogens with one attached hydrogen (secondary N) is 1. The van der Waals surface area contributed by atoms with Gasteiger partial charge in [0.2, 0.25) is 11.8 Å². The fourth-order valence-corrected chi connectivity index (χ4v) is 3.55. The smallest absolute Gasteiger partial charge is 0.228 e. The molecule has 3 rings (SSSR count). The van der Waals surface area contributed by atoms with Crippen LogP contribution in [0.3, 0.4) is 0 Å². The van der Waals surface area contributed by atoms with Crippen LogP contribution in [-0.2, 0) is 16.0 Å². The van der Waals surface area contributed by atoms with Crippen LogP contribution in [0.4, 0.5) is 11.4 Å². The third-order valence-electron chi connectivity index (χ3n) is 5.27. The van der Waals surface area contributed by atoms with Crippen LogP contribution in [0.2, 0.25) is 0 Å². The summed E-state index contributed by atoms with van der Waals surface area (Å²) in [5.41, 5.74) is 10.6. The molecule has 0 aliphatic carbocycles.